The zero-order chi connectivity index (χ0) is 14.8. The fraction of sp³-hybridized carbons (Fsp3) is 0.125. The van der Waals surface area contributed by atoms with Gasteiger partial charge in [-0.05, 0) is 24.3 Å². The molecule has 1 aliphatic heterocycles. The lowest BCUT2D eigenvalue weighted by Gasteiger charge is -2.23. The largest absolute Gasteiger partial charge is 0.269 e. The number of benzene rings is 2. The molecule has 0 saturated heterocycles. The smallest absolute Gasteiger partial charge is 0.262 e. The fourth-order valence-corrected chi connectivity index (χ4v) is 3.27. The highest BCUT2D eigenvalue weighted by atomic mass is 32.2. The van der Waals surface area contributed by atoms with Crippen molar-refractivity contribution in [1.82, 2.24) is 4.90 Å². The molecule has 106 valence electrons. The topological polar surface area (TPSA) is 37.4 Å². The molecular weight excluding hydrogens is 289 g/mol. The van der Waals surface area contributed by atoms with Gasteiger partial charge in [-0.25, -0.2) is 4.39 Å². The van der Waals surface area contributed by atoms with Crippen LogP contribution in [0.3, 0.4) is 0 Å². The van der Waals surface area contributed by atoms with Crippen LogP contribution in [0.25, 0.3) is 0 Å². The molecule has 0 aliphatic carbocycles. The Kier molecular flexibility index (Phi) is 3.75. The van der Waals surface area contributed by atoms with Crippen LogP contribution in [0.2, 0.25) is 0 Å². The molecule has 1 aliphatic rings. The molecule has 3 nitrogen and oxygen atoms in total. The maximum absolute atomic E-state index is 13.4. The molecule has 0 radical (unpaired) electrons. The summed E-state index contributed by atoms with van der Waals surface area (Å²) in [5.41, 5.74) is 0.684. The third-order valence-electron chi connectivity index (χ3n) is 3.26. The normalized spacial score (nSPS) is 15.2. The number of fused-ring (bicyclic) bond motifs is 1. The van der Waals surface area contributed by atoms with Crippen LogP contribution >= 0.6 is 11.8 Å². The number of nitrogens with zero attached hydrogens (tertiary/aromatic N) is 1. The number of carbonyl (C=O) groups is 2. The van der Waals surface area contributed by atoms with Crippen LogP contribution in [0.5, 0.6) is 0 Å². The van der Waals surface area contributed by atoms with Crippen molar-refractivity contribution in [1.29, 1.82) is 0 Å². The summed E-state index contributed by atoms with van der Waals surface area (Å²) < 4.78 is 13.4. The molecule has 0 bridgehead atoms. The first kappa shape index (κ1) is 13.8. The van der Waals surface area contributed by atoms with E-state index in [4.69, 9.17) is 0 Å². The minimum absolute atomic E-state index is 0.342. The van der Waals surface area contributed by atoms with Crippen molar-refractivity contribution in [2.24, 2.45) is 0 Å². The average molecular weight is 301 g/mol. The van der Waals surface area contributed by atoms with Crippen LogP contribution < -0.4 is 0 Å². The van der Waals surface area contributed by atoms with Gasteiger partial charge in [0.2, 0.25) is 0 Å². The fourth-order valence-electron chi connectivity index (χ4n) is 2.28. The van der Waals surface area contributed by atoms with E-state index in [9.17, 15) is 14.0 Å². The number of hydrogen-bond acceptors (Lipinski definition) is 3. The predicted molar refractivity (Wildman–Crippen MR) is 79.0 cm³/mol. The van der Waals surface area contributed by atoms with Crippen molar-refractivity contribution in [3.8, 4) is 0 Å². The summed E-state index contributed by atoms with van der Waals surface area (Å²) in [6.45, 7) is -0.787. The van der Waals surface area contributed by atoms with Crippen LogP contribution in [0.1, 0.15) is 20.7 Å². The van der Waals surface area contributed by atoms with Crippen molar-refractivity contribution in [3.63, 3.8) is 0 Å². The summed E-state index contributed by atoms with van der Waals surface area (Å²) in [7, 11) is 0. The first-order valence-electron chi connectivity index (χ1n) is 6.47. The van der Waals surface area contributed by atoms with E-state index in [1.54, 1.807) is 24.3 Å². The average Bonchev–Trinajstić information content (AvgIpc) is 2.78. The van der Waals surface area contributed by atoms with Gasteiger partial charge in [-0.3, -0.25) is 14.5 Å². The summed E-state index contributed by atoms with van der Waals surface area (Å²) in [6.07, 6.45) is 0. The van der Waals surface area contributed by atoms with Gasteiger partial charge in [0, 0.05) is 4.90 Å². The number of carbonyl (C=O) groups excluding carboxylic acids is 2. The highest BCUT2D eigenvalue weighted by Gasteiger charge is 2.40. The molecule has 0 fully saturated rings. The Morgan fingerprint density at radius 3 is 1.95 bits per heavy atom. The Bertz CT molecular complexity index is 655. The number of imide groups is 1. The number of hydrogen-bond donors (Lipinski definition) is 0. The molecule has 0 N–H and O–H groups in total. The van der Waals surface area contributed by atoms with E-state index >= 15 is 0 Å². The van der Waals surface area contributed by atoms with Crippen LogP contribution in [-0.2, 0) is 0 Å². The number of thioether (sulfide) groups is 1. The van der Waals surface area contributed by atoms with Crippen LogP contribution in [-0.4, -0.2) is 28.8 Å². The van der Waals surface area contributed by atoms with E-state index in [0.29, 0.717) is 11.1 Å². The molecule has 0 saturated carbocycles. The van der Waals surface area contributed by atoms with Crippen molar-refractivity contribution < 1.29 is 14.0 Å². The van der Waals surface area contributed by atoms with Gasteiger partial charge in [-0.1, -0.05) is 42.1 Å². The Morgan fingerprint density at radius 1 is 0.905 bits per heavy atom. The van der Waals surface area contributed by atoms with Crippen molar-refractivity contribution in [2.45, 2.75) is 10.3 Å². The van der Waals surface area contributed by atoms with E-state index < -0.39 is 23.9 Å². The molecular formula is C16H12FNO2S. The van der Waals surface area contributed by atoms with Gasteiger partial charge in [0.25, 0.3) is 11.8 Å². The molecule has 0 aromatic heterocycles. The highest BCUT2D eigenvalue weighted by molar-refractivity contribution is 8.00. The molecule has 1 atom stereocenters. The molecule has 3 rings (SSSR count). The maximum Gasteiger partial charge on any atom is 0.262 e. The van der Waals surface area contributed by atoms with Gasteiger partial charge >= 0.3 is 0 Å². The van der Waals surface area contributed by atoms with Gasteiger partial charge in [0.15, 0.2) is 0 Å². The number of rotatable bonds is 4. The lowest BCUT2D eigenvalue weighted by atomic mass is 10.1. The lowest BCUT2D eigenvalue weighted by Crippen LogP contribution is -2.39. The second-order valence-electron chi connectivity index (χ2n) is 4.57. The van der Waals surface area contributed by atoms with Gasteiger partial charge in [-0.15, -0.1) is 0 Å². The predicted octanol–water partition coefficient (Wildman–Crippen LogP) is 3.37. The highest BCUT2D eigenvalue weighted by Crippen LogP contribution is 2.32. The van der Waals surface area contributed by atoms with E-state index in [-0.39, 0.29) is 0 Å². The molecule has 5 heteroatoms. The summed E-state index contributed by atoms with van der Waals surface area (Å²) in [5, 5.41) is -0.847. The molecule has 1 heterocycles. The molecule has 1 unspecified atom stereocenters. The monoisotopic (exact) mass is 301 g/mol. The van der Waals surface area contributed by atoms with Crippen LogP contribution in [0, 0.1) is 0 Å². The van der Waals surface area contributed by atoms with Gasteiger partial charge in [0.1, 0.15) is 12.0 Å². The standard InChI is InChI=1S/C16H12FNO2S/c17-10-14(21-11-6-2-1-3-7-11)18-15(19)12-8-4-5-9-13(12)16(18)20/h1-9,14H,10H2. The minimum Gasteiger partial charge on any atom is -0.269 e. The summed E-state index contributed by atoms with van der Waals surface area (Å²) >= 11 is 1.17. The number of amides is 2. The first-order chi connectivity index (χ1) is 10.2. The summed E-state index contributed by atoms with van der Waals surface area (Å²) in [6, 6.07) is 15.8. The molecule has 2 amide bonds. The van der Waals surface area contributed by atoms with Crippen LogP contribution in [0.15, 0.2) is 59.5 Å². The molecule has 21 heavy (non-hydrogen) atoms. The third kappa shape index (κ3) is 2.45. The van der Waals surface area contributed by atoms with E-state index in [2.05, 4.69) is 0 Å². The zero-order valence-corrected chi connectivity index (χ0v) is 11.8. The number of halogens is 1. The SMILES string of the molecule is O=C1c2ccccc2C(=O)N1C(CF)Sc1ccccc1. The van der Waals surface area contributed by atoms with Crippen molar-refractivity contribution >= 4 is 23.6 Å². The Hall–Kier alpha value is -2.14. The first-order valence-corrected chi connectivity index (χ1v) is 7.35. The Balaban J connectivity index is 1.89. The Labute approximate surface area is 125 Å². The maximum atomic E-state index is 13.4. The zero-order valence-electron chi connectivity index (χ0n) is 11.0. The third-order valence-corrected chi connectivity index (χ3v) is 4.41. The summed E-state index contributed by atoms with van der Waals surface area (Å²) in [5.74, 6) is -0.858. The van der Waals surface area contributed by atoms with Gasteiger partial charge in [0.05, 0.1) is 11.1 Å². The molecule has 0 spiro atoms. The van der Waals surface area contributed by atoms with E-state index in [1.807, 2.05) is 30.3 Å². The van der Waals surface area contributed by atoms with Crippen molar-refractivity contribution in [2.75, 3.05) is 6.67 Å². The number of alkyl halides is 1. The second kappa shape index (κ2) is 5.69. The molecule has 2 aromatic rings. The molecule has 2 aromatic carbocycles. The second-order valence-corrected chi connectivity index (χ2v) is 5.82. The van der Waals surface area contributed by atoms with Gasteiger partial charge < -0.3 is 0 Å². The van der Waals surface area contributed by atoms with E-state index in [0.717, 1.165) is 9.80 Å². The summed E-state index contributed by atoms with van der Waals surface area (Å²) in [4.78, 5) is 26.5. The minimum atomic E-state index is -0.847. The Morgan fingerprint density at radius 2 is 1.43 bits per heavy atom. The van der Waals surface area contributed by atoms with Crippen LogP contribution in [0.4, 0.5) is 4.39 Å². The lowest BCUT2D eigenvalue weighted by molar-refractivity contribution is 0.0623. The van der Waals surface area contributed by atoms with Crippen molar-refractivity contribution in [3.05, 3.63) is 65.7 Å². The van der Waals surface area contributed by atoms with Gasteiger partial charge in [-0.2, -0.15) is 0 Å². The van der Waals surface area contributed by atoms with E-state index in [1.165, 1.54) is 11.8 Å². The quantitative estimate of drug-likeness (QED) is 0.642.